The quantitative estimate of drug-likeness (QED) is 0.827. The van der Waals surface area contributed by atoms with Crippen molar-refractivity contribution in [2.75, 3.05) is 0 Å². The molecule has 1 aromatic carbocycles. The van der Waals surface area contributed by atoms with E-state index in [9.17, 15) is 14.7 Å². The molecule has 0 aliphatic carbocycles. The molecule has 2 aliphatic heterocycles. The highest BCUT2D eigenvalue weighted by Gasteiger charge is 2.50. The van der Waals surface area contributed by atoms with E-state index in [-0.39, 0.29) is 12.5 Å². The number of halogens is 2. The molecule has 1 amide bonds. The molecule has 7 heteroatoms. The summed E-state index contributed by atoms with van der Waals surface area (Å²) in [6.07, 6.45) is 2.28. The fourth-order valence-electron chi connectivity index (χ4n) is 2.86. The van der Waals surface area contributed by atoms with Gasteiger partial charge < -0.3 is 20.0 Å². The van der Waals surface area contributed by atoms with Gasteiger partial charge in [0.05, 0.1) is 28.2 Å². The van der Waals surface area contributed by atoms with Crippen molar-refractivity contribution in [1.82, 2.24) is 5.32 Å². The summed E-state index contributed by atoms with van der Waals surface area (Å²) in [7, 11) is 0. The van der Waals surface area contributed by atoms with E-state index in [1.165, 1.54) is 0 Å². The standard InChI is InChI=1S/C15H13Cl2NO4/c16-8-2-1-7(5-9(8)17)6-18-14(19)12-10-3-4-11(22-10)13(12)15(20)21/h1-5,10-13H,6H2,(H,18,19)(H,20,21)/p-1/t10-,11+,12+,13+/m1/s1. The molecule has 0 radical (unpaired) electrons. The number of hydrogen-bond acceptors (Lipinski definition) is 4. The topological polar surface area (TPSA) is 78.5 Å². The molecule has 0 aromatic heterocycles. The van der Waals surface area contributed by atoms with Crippen molar-refractivity contribution in [3.63, 3.8) is 0 Å². The van der Waals surface area contributed by atoms with E-state index >= 15 is 0 Å². The van der Waals surface area contributed by atoms with Crippen LogP contribution in [-0.2, 0) is 20.9 Å². The third-order valence-corrected chi connectivity index (χ3v) is 4.66. The van der Waals surface area contributed by atoms with Gasteiger partial charge in [-0.2, -0.15) is 0 Å². The van der Waals surface area contributed by atoms with E-state index in [1.54, 1.807) is 30.4 Å². The maximum atomic E-state index is 12.3. The Labute approximate surface area is 136 Å². The fraction of sp³-hybridized carbons (Fsp3) is 0.333. The predicted molar refractivity (Wildman–Crippen MR) is 78.1 cm³/mol. The Morgan fingerprint density at radius 1 is 1.14 bits per heavy atom. The van der Waals surface area contributed by atoms with Gasteiger partial charge >= 0.3 is 0 Å². The largest absolute Gasteiger partial charge is 0.550 e. The molecule has 2 aliphatic rings. The van der Waals surface area contributed by atoms with Crippen LogP contribution in [0.5, 0.6) is 0 Å². The number of carbonyl (C=O) groups is 2. The summed E-state index contributed by atoms with van der Waals surface area (Å²) in [6, 6.07) is 5.03. The molecule has 5 nitrogen and oxygen atoms in total. The van der Waals surface area contributed by atoms with Crippen molar-refractivity contribution in [3.05, 3.63) is 46.0 Å². The molecule has 116 valence electrons. The van der Waals surface area contributed by atoms with Crippen molar-refractivity contribution in [1.29, 1.82) is 0 Å². The van der Waals surface area contributed by atoms with E-state index in [4.69, 9.17) is 27.9 Å². The number of fused-ring (bicyclic) bond motifs is 2. The van der Waals surface area contributed by atoms with Crippen molar-refractivity contribution in [2.45, 2.75) is 18.8 Å². The summed E-state index contributed by atoms with van der Waals surface area (Å²) in [5, 5.41) is 14.8. The van der Waals surface area contributed by atoms with E-state index in [0.717, 1.165) is 5.56 Å². The second-order valence-corrected chi connectivity index (χ2v) is 6.10. The molecule has 2 bridgehead atoms. The van der Waals surface area contributed by atoms with E-state index in [1.807, 2.05) is 0 Å². The molecular weight excluding hydrogens is 329 g/mol. The van der Waals surface area contributed by atoms with Gasteiger partial charge in [-0.05, 0) is 17.7 Å². The van der Waals surface area contributed by atoms with E-state index in [0.29, 0.717) is 10.0 Å². The smallest absolute Gasteiger partial charge is 0.227 e. The fourth-order valence-corrected chi connectivity index (χ4v) is 3.18. The molecular formula is C15H12Cl2NO4-. The lowest BCUT2D eigenvalue weighted by Gasteiger charge is -2.25. The number of hydrogen-bond donors (Lipinski definition) is 1. The van der Waals surface area contributed by atoms with Crippen LogP contribution < -0.4 is 10.4 Å². The molecule has 3 rings (SSSR count). The average Bonchev–Trinajstić information content (AvgIpc) is 3.08. The lowest BCUT2D eigenvalue weighted by Crippen LogP contribution is -2.46. The zero-order valence-corrected chi connectivity index (χ0v) is 12.8. The van der Waals surface area contributed by atoms with Gasteiger partial charge in [0.25, 0.3) is 0 Å². The zero-order chi connectivity index (χ0) is 15.9. The molecule has 2 heterocycles. The maximum Gasteiger partial charge on any atom is 0.227 e. The lowest BCUT2D eigenvalue weighted by atomic mass is 9.82. The summed E-state index contributed by atoms with van der Waals surface area (Å²) in [4.78, 5) is 23.5. The second-order valence-electron chi connectivity index (χ2n) is 5.29. The minimum absolute atomic E-state index is 0.229. The van der Waals surface area contributed by atoms with Crippen molar-refractivity contribution >= 4 is 35.1 Å². The number of aliphatic carboxylic acids is 1. The molecule has 0 spiro atoms. The summed E-state index contributed by atoms with van der Waals surface area (Å²) < 4.78 is 5.44. The predicted octanol–water partition coefficient (Wildman–Crippen LogP) is 0.929. The third kappa shape index (κ3) is 2.72. The second kappa shape index (κ2) is 5.91. The van der Waals surface area contributed by atoms with Crippen LogP contribution in [0.3, 0.4) is 0 Å². The third-order valence-electron chi connectivity index (χ3n) is 3.93. The molecule has 22 heavy (non-hydrogen) atoms. The van der Waals surface area contributed by atoms with Gasteiger partial charge in [-0.1, -0.05) is 41.4 Å². The zero-order valence-electron chi connectivity index (χ0n) is 11.3. The van der Waals surface area contributed by atoms with Gasteiger partial charge in [-0.3, -0.25) is 4.79 Å². The molecule has 1 saturated heterocycles. The number of rotatable bonds is 4. The van der Waals surface area contributed by atoms with Crippen LogP contribution in [0.25, 0.3) is 0 Å². The van der Waals surface area contributed by atoms with E-state index < -0.39 is 30.0 Å². The summed E-state index contributed by atoms with van der Waals surface area (Å²) >= 11 is 11.7. The van der Waals surface area contributed by atoms with Gasteiger partial charge in [0.2, 0.25) is 5.91 Å². The SMILES string of the molecule is O=C([O-])[C@@H]1[C@@H](C(=O)NCc2ccc(Cl)c(Cl)c2)[C@H]2C=C[C@@H]1O2. The number of carbonyl (C=O) groups excluding carboxylic acids is 2. The van der Waals surface area contributed by atoms with E-state index in [2.05, 4.69) is 5.32 Å². The van der Waals surface area contributed by atoms with Crippen LogP contribution in [0.1, 0.15) is 5.56 Å². The lowest BCUT2D eigenvalue weighted by molar-refractivity contribution is -0.313. The van der Waals surface area contributed by atoms with Gasteiger partial charge in [0.15, 0.2) is 0 Å². The first-order valence-corrected chi connectivity index (χ1v) is 7.49. The Bertz CT molecular complexity index is 661. The number of benzene rings is 1. The van der Waals surface area contributed by atoms with Crippen LogP contribution >= 0.6 is 23.2 Å². The van der Waals surface area contributed by atoms with Gasteiger partial charge in [-0.25, -0.2) is 0 Å². The Kier molecular flexibility index (Phi) is 4.12. The van der Waals surface area contributed by atoms with Crippen LogP contribution in [-0.4, -0.2) is 24.1 Å². The summed E-state index contributed by atoms with van der Waals surface area (Å²) in [5.41, 5.74) is 0.771. The van der Waals surface area contributed by atoms with Crippen LogP contribution in [0.15, 0.2) is 30.4 Å². The van der Waals surface area contributed by atoms with Gasteiger partial charge in [0, 0.05) is 18.4 Å². The first-order chi connectivity index (χ1) is 10.5. The molecule has 0 saturated carbocycles. The summed E-state index contributed by atoms with van der Waals surface area (Å²) in [6.45, 7) is 0.229. The Morgan fingerprint density at radius 3 is 2.45 bits per heavy atom. The number of amides is 1. The molecule has 0 unspecified atom stereocenters. The van der Waals surface area contributed by atoms with Crippen LogP contribution in [0.4, 0.5) is 0 Å². The molecule has 4 atom stereocenters. The van der Waals surface area contributed by atoms with Crippen LogP contribution in [0.2, 0.25) is 10.0 Å². The maximum absolute atomic E-state index is 12.3. The number of ether oxygens (including phenoxy) is 1. The first-order valence-electron chi connectivity index (χ1n) is 6.73. The number of carboxylic acid groups (broad SMARTS) is 1. The number of carboxylic acids is 1. The minimum atomic E-state index is -1.27. The van der Waals surface area contributed by atoms with Crippen molar-refractivity contribution < 1.29 is 19.4 Å². The first kappa shape index (κ1) is 15.3. The monoisotopic (exact) mass is 340 g/mol. The molecule has 1 N–H and O–H groups in total. The van der Waals surface area contributed by atoms with Crippen LogP contribution in [0, 0.1) is 11.8 Å². The van der Waals surface area contributed by atoms with Gasteiger partial charge in [0.1, 0.15) is 0 Å². The minimum Gasteiger partial charge on any atom is -0.550 e. The number of nitrogens with one attached hydrogen (secondary N) is 1. The molecule has 1 fully saturated rings. The Morgan fingerprint density at radius 2 is 1.82 bits per heavy atom. The average molecular weight is 341 g/mol. The Balaban J connectivity index is 1.68. The van der Waals surface area contributed by atoms with Crippen molar-refractivity contribution in [3.8, 4) is 0 Å². The Hall–Kier alpha value is -1.56. The summed E-state index contributed by atoms with van der Waals surface area (Å²) in [5.74, 6) is -3.38. The van der Waals surface area contributed by atoms with Gasteiger partial charge in [-0.15, -0.1) is 0 Å². The van der Waals surface area contributed by atoms with Crippen molar-refractivity contribution in [2.24, 2.45) is 11.8 Å². The highest BCUT2D eigenvalue weighted by Crippen LogP contribution is 2.39. The molecule has 1 aromatic rings. The highest BCUT2D eigenvalue weighted by atomic mass is 35.5. The highest BCUT2D eigenvalue weighted by molar-refractivity contribution is 6.42. The normalized spacial score (nSPS) is 28.8.